The Morgan fingerprint density at radius 1 is 0.571 bits per heavy atom. The molecule has 9 aromatic rings. The molecule has 0 radical (unpaired) electrons. The molecule has 4 nitrogen and oxygen atoms in total. The third-order valence-electron chi connectivity index (χ3n) is 8.06. The first-order chi connectivity index (χ1) is 20.8. The largest absolute Gasteiger partial charge is 0.294 e. The average Bonchev–Trinajstić information content (AvgIpc) is 3.64. The maximum Gasteiger partial charge on any atom is 0.138 e. The molecule has 0 aliphatic rings. The van der Waals surface area contributed by atoms with Crippen molar-refractivity contribution in [1.29, 1.82) is 0 Å². The van der Waals surface area contributed by atoms with Crippen LogP contribution < -0.4 is 0 Å². The summed E-state index contributed by atoms with van der Waals surface area (Å²) in [5.74, 6) is 0.887. The molecule has 0 saturated carbocycles. The van der Waals surface area contributed by atoms with Crippen molar-refractivity contribution in [3.63, 3.8) is 0 Å². The Balaban J connectivity index is 1.24. The van der Waals surface area contributed by atoms with E-state index in [0.29, 0.717) is 0 Å². The third-order valence-corrected chi connectivity index (χ3v) is 9.28. The van der Waals surface area contributed by atoms with Gasteiger partial charge in [-0.25, -0.2) is 4.98 Å². The molecular weight excluding hydrogens is 533 g/mol. The topological polar surface area (TPSA) is 43.6 Å². The zero-order chi connectivity index (χ0) is 27.6. The molecule has 196 valence electrons. The van der Waals surface area contributed by atoms with E-state index in [1.54, 1.807) is 0 Å². The highest BCUT2D eigenvalue weighted by molar-refractivity contribution is 7.23. The number of hydrogen-bond acceptors (Lipinski definition) is 4. The lowest BCUT2D eigenvalue weighted by molar-refractivity contribution is 1.08. The molecule has 0 atom stereocenters. The Morgan fingerprint density at radius 2 is 1.40 bits per heavy atom. The lowest BCUT2D eigenvalue weighted by Gasteiger charge is -2.10. The molecule has 9 rings (SSSR count). The van der Waals surface area contributed by atoms with Crippen LogP contribution in [0.3, 0.4) is 0 Å². The van der Waals surface area contributed by atoms with Gasteiger partial charge in [-0.2, -0.15) is 0 Å². The molecule has 5 heteroatoms. The smallest absolute Gasteiger partial charge is 0.138 e. The Bertz CT molecular complexity index is 2470. The molecule has 0 aliphatic heterocycles. The summed E-state index contributed by atoms with van der Waals surface area (Å²) in [6, 6.07) is 42.7. The number of hydrogen-bond donors (Lipinski definition) is 0. The summed E-state index contributed by atoms with van der Waals surface area (Å²) in [7, 11) is 0. The zero-order valence-corrected chi connectivity index (χ0v) is 23.2. The number of thiophene rings is 1. The normalized spacial score (nSPS) is 11.8. The first-order valence-electron chi connectivity index (χ1n) is 13.9. The zero-order valence-electron chi connectivity index (χ0n) is 22.4. The highest BCUT2D eigenvalue weighted by Crippen LogP contribution is 2.42. The number of para-hydroxylation sites is 1. The van der Waals surface area contributed by atoms with E-state index in [9.17, 15) is 0 Å². The average molecular weight is 555 g/mol. The fourth-order valence-corrected chi connectivity index (χ4v) is 7.35. The van der Waals surface area contributed by atoms with Crippen LogP contribution in [0, 0.1) is 0 Å². The van der Waals surface area contributed by atoms with Crippen LogP contribution in [0.2, 0.25) is 0 Å². The van der Waals surface area contributed by atoms with E-state index in [-0.39, 0.29) is 0 Å². The molecule has 42 heavy (non-hydrogen) atoms. The SMILES string of the molecule is c1ccc(-c2cc3ccc4c(c5ccccc5n4-c4cccc(-c5cnc6c(ccc7cccnc76)c5)n4)c3s2)cc1. The molecule has 5 aromatic heterocycles. The second kappa shape index (κ2) is 9.06. The van der Waals surface area contributed by atoms with Crippen LogP contribution in [0.4, 0.5) is 0 Å². The summed E-state index contributed by atoms with van der Waals surface area (Å²) in [4.78, 5) is 15.9. The maximum absolute atomic E-state index is 5.20. The fourth-order valence-electron chi connectivity index (χ4n) is 6.13. The van der Waals surface area contributed by atoms with Crippen molar-refractivity contribution >= 4 is 65.0 Å². The van der Waals surface area contributed by atoms with Crippen molar-refractivity contribution < 1.29 is 0 Å². The predicted molar refractivity (Wildman–Crippen MR) is 175 cm³/mol. The number of pyridine rings is 3. The molecule has 0 bridgehead atoms. The molecule has 5 heterocycles. The quantitative estimate of drug-likeness (QED) is 0.204. The molecule has 0 fully saturated rings. The van der Waals surface area contributed by atoms with Crippen molar-refractivity contribution in [3.05, 3.63) is 134 Å². The standard InChI is InChI=1S/C37H22N4S/c1-2-8-23(9-3-1)32-21-26-17-18-31-34(37(26)42-32)28-11-4-5-13-30(28)41(31)33-14-6-12-29(40-33)27-20-25-16-15-24-10-7-19-38-35(24)36(25)39-22-27/h1-22H. The van der Waals surface area contributed by atoms with E-state index in [1.807, 2.05) is 29.8 Å². The van der Waals surface area contributed by atoms with Gasteiger partial charge in [-0.05, 0) is 53.4 Å². The van der Waals surface area contributed by atoms with Crippen molar-refractivity contribution in [3.8, 4) is 27.5 Å². The molecule has 0 saturated heterocycles. The van der Waals surface area contributed by atoms with E-state index in [0.717, 1.165) is 49.9 Å². The first-order valence-corrected chi connectivity index (χ1v) is 14.8. The highest BCUT2D eigenvalue weighted by atomic mass is 32.1. The number of benzene rings is 4. The molecule has 0 spiro atoms. The minimum atomic E-state index is 0.887. The Kier molecular flexibility index (Phi) is 5.03. The Labute approximate surface area is 245 Å². The minimum absolute atomic E-state index is 0.887. The second-order valence-corrected chi connectivity index (χ2v) is 11.6. The van der Waals surface area contributed by atoms with Crippen molar-refractivity contribution in [1.82, 2.24) is 19.5 Å². The van der Waals surface area contributed by atoms with Crippen LogP contribution in [-0.2, 0) is 0 Å². The van der Waals surface area contributed by atoms with Gasteiger partial charge in [-0.3, -0.25) is 14.5 Å². The van der Waals surface area contributed by atoms with Crippen molar-refractivity contribution in [2.75, 3.05) is 0 Å². The maximum atomic E-state index is 5.20. The van der Waals surface area contributed by atoms with Crippen LogP contribution in [0.1, 0.15) is 0 Å². The summed E-state index contributed by atoms with van der Waals surface area (Å²) < 4.78 is 3.60. The van der Waals surface area contributed by atoms with Gasteiger partial charge >= 0.3 is 0 Å². The van der Waals surface area contributed by atoms with E-state index < -0.39 is 0 Å². The lowest BCUT2D eigenvalue weighted by Crippen LogP contribution is -1.98. The predicted octanol–water partition coefficient (Wildman–Crippen LogP) is 9.82. The summed E-state index contributed by atoms with van der Waals surface area (Å²) in [6.07, 6.45) is 3.73. The van der Waals surface area contributed by atoms with Gasteiger partial charge in [0.05, 0.1) is 27.8 Å². The monoisotopic (exact) mass is 554 g/mol. The van der Waals surface area contributed by atoms with Gasteiger partial charge in [0.25, 0.3) is 0 Å². The van der Waals surface area contributed by atoms with E-state index >= 15 is 0 Å². The molecule has 0 N–H and O–H groups in total. The lowest BCUT2D eigenvalue weighted by atomic mass is 10.1. The molecule has 4 aromatic carbocycles. The molecule has 0 amide bonds. The minimum Gasteiger partial charge on any atom is -0.294 e. The molecule has 0 unspecified atom stereocenters. The van der Waals surface area contributed by atoms with Gasteiger partial charge in [-0.15, -0.1) is 11.3 Å². The van der Waals surface area contributed by atoms with E-state index in [4.69, 9.17) is 9.97 Å². The van der Waals surface area contributed by atoms with Gasteiger partial charge in [0.1, 0.15) is 5.82 Å². The first kappa shape index (κ1) is 23.3. The summed E-state index contributed by atoms with van der Waals surface area (Å²) >= 11 is 1.86. The van der Waals surface area contributed by atoms with Crippen LogP contribution in [-0.4, -0.2) is 19.5 Å². The number of nitrogens with zero attached hydrogens (tertiary/aromatic N) is 4. The van der Waals surface area contributed by atoms with Crippen molar-refractivity contribution in [2.24, 2.45) is 0 Å². The summed E-state index contributed by atoms with van der Waals surface area (Å²) in [5, 5.41) is 5.91. The second-order valence-electron chi connectivity index (χ2n) is 10.5. The van der Waals surface area contributed by atoms with Crippen LogP contribution in [0.15, 0.2) is 134 Å². The summed E-state index contributed by atoms with van der Waals surface area (Å²) in [5.41, 5.74) is 7.25. The number of rotatable bonds is 3. The molecular formula is C37H22N4S. The highest BCUT2D eigenvalue weighted by Gasteiger charge is 2.18. The van der Waals surface area contributed by atoms with Crippen LogP contribution in [0.25, 0.3) is 81.2 Å². The third kappa shape index (κ3) is 3.51. The molecule has 0 aliphatic carbocycles. The Morgan fingerprint density at radius 3 is 2.36 bits per heavy atom. The fraction of sp³-hybridized carbons (Fsp3) is 0. The summed E-state index contributed by atoms with van der Waals surface area (Å²) in [6.45, 7) is 0. The van der Waals surface area contributed by atoms with Crippen LogP contribution in [0.5, 0.6) is 0 Å². The van der Waals surface area contributed by atoms with E-state index in [1.165, 1.54) is 31.3 Å². The van der Waals surface area contributed by atoms with Gasteiger partial charge in [0.15, 0.2) is 0 Å². The van der Waals surface area contributed by atoms with Crippen LogP contribution >= 0.6 is 11.3 Å². The van der Waals surface area contributed by atoms with Gasteiger partial charge in [0, 0.05) is 49.1 Å². The van der Waals surface area contributed by atoms with Gasteiger partial charge < -0.3 is 0 Å². The number of fused-ring (bicyclic) bond motifs is 8. The Hall–Kier alpha value is -5.39. The van der Waals surface area contributed by atoms with Gasteiger partial charge in [0.2, 0.25) is 0 Å². The number of aromatic nitrogens is 4. The van der Waals surface area contributed by atoms with Gasteiger partial charge in [-0.1, -0.05) is 78.9 Å². The van der Waals surface area contributed by atoms with E-state index in [2.05, 4.69) is 125 Å². The van der Waals surface area contributed by atoms with Crippen molar-refractivity contribution in [2.45, 2.75) is 0 Å².